The zero-order valence-corrected chi connectivity index (χ0v) is 8.14. The number of hydrogen-bond donors (Lipinski definition) is 2. The molecule has 0 fully saturated rings. The summed E-state index contributed by atoms with van der Waals surface area (Å²) in [4.78, 5) is 0. The zero-order chi connectivity index (χ0) is 9.90. The highest BCUT2D eigenvalue weighted by Crippen LogP contribution is 2.22. The minimum Gasteiger partial charge on any atom is -0.427 e. The van der Waals surface area contributed by atoms with Crippen molar-refractivity contribution < 1.29 is 10.0 Å². The Hall–Kier alpha value is -0.735. The van der Waals surface area contributed by atoms with Crippen molar-refractivity contribution >= 4 is 7.12 Å². The van der Waals surface area contributed by atoms with Gasteiger partial charge in [-0.2, -0.15) is 0 Å². The fourth-order valence-electron chi connectivity index (χ4n) is 1.35. The van der Waals surface area contributed by atoms with E-state index in [0.717, 1.165) is 6.42 Å². The number of nitrogens with zero attached hydrogens (tertiary/aromatic N) is 1. The van der Waals surface area contributed by atoms with Gasteiger partial charge in [-0.3, -0.25) is 0 Å². The molecule has 1 heterocycles. The maximum atomic E-state index is 8.76. The predicted octanol–water partition coefficient (Wildman–Crippen LogP) is 1.09. The first-order chi connectivity index (χ1) is 6.02. The monoisotopic (exact) mass is 181 g/mol. The molecule has 1 aromatic rings. The second-order valence-corrected chi connectivity index (χ2v) is 3.92. The molecule has 4 heteroatoms. The van der Waals surface area contributed by atoms with E-state index in [2.05, 4.69) is 18.4 Å². The Morgan fingerprint density at radius 2 is 1.77 bits per heavy atom. The smallest absolute Gasteiger partial charge is 0.427 e. The molecule has 0 aliphatic rings. The highest BCUT2D eigenvalue weighted by Gasteiger charge is 2.21. The van der Waals surface area contributed by atoms with Crippen molar-refractivity contribution in [3.8, 4) is 0 Å². The first kappa shape index (κ1) is 10.3. The van der Waals surface area contributed by atoms with Crippen LogP contribution in [-0.4, -0.2) is 21.7 Å². The van der Waals surface area contributed by atoms with E-state index < -0.39 is 7.12 Å². The van der Waals surface area contributed by atoms with Gasteiger partial charge in [-0.15, -0.1) is 0 Å². The Kier molecular flexibility index (Phi) is 3.17. The van der Waals surface area contributed by atoms with Gasteiger partial charge in [-0.05, 0) is 38.7 Å². The van der Waals surface area contributed by atoms with Crippen LogP contribution >= 0.6 is 0 Å². The van der Waals surface area contributed by atoms with Gasteiger partial charge in [0.2, 0.25) is 0 Å². The Morgan fingerprint density at radius 1 is 1.23 bits per heavy atom. The third-order valence-electron chi connectivity index (χ3n) is 2.32. The summed E-state index contributed by atoms with van der Waals surface area (Å²) in [7, 11) is -1.20. The molecule has 0 aliphatic carbocycles. The summed E-state index contributed by atoms with van der Waals surface area (Å²) in [5.74, 6) is 0. The van der Waals surface area contributed by atoms with Crippen molar-refractivity contribution in [1.82, 2.24) is 4.57 Å². The van der Waals surface area contributed by atoms with Gasteiger partial charge in [0.1, 0.15) is 0 Å². The molecule has 0 aliphatic heterocycles. The lowest BCUT2D eigenvalue weighted by Gasteiger charge is -2.26. The van der Waals surface area contributed by atoms with Gasteiger partial charge < -0.3 is 14.6 Å². The molecular formula is C9H16BNO2. The molecule has 13 heavy (non-hydrogen) atoms. The summed E-state index contributed by atoms with van der Waals surface area (Å²) in [6.07, 6.45) is 5.14. The molecule has 0 saturated carbocycles. The number of aromatic nitrogens is 1. The van der Waals surface area contributed by atoms with E-state index in [1.807, 2.05) is 24.5 Å². The van der Waals surface area contributed by atoms with E-state index in [9.17, 15) is 0 Å². The molecule has 0 saturated heterocycles. The maximum Gasteiger partial charge on any atom is 0.451 e. The second-order valence-electron chi connectivity index (χ2n) is 3.92. The van der Waals surface area contributed by atoms with Crippen LogP contribution in [0.25, 0.3) is 0 Å². The molecule has 2 N–H and O–H groups in total. The summed E-state index contributed by atoms with van der Waals surface area (Å²) in [5.41, 5.74) is -0.0484. The highest BCUT2D eigenvalue weighted by atomic mass is 16.4. The molecule has 1 rings (SSSR count). The van der Waals surface area contributed by atoms with Crippen LogP contribution in [0.3, 0.4) is 0 Å². The molecule has 0 radical (unpaired) electrons. The lowest BCUT2D eigenvalue weighted by atomic mass is 9.79. The van der Waals surface area contributed by atoms with E-state index in [1.165, 1.54) is 0 Å². The van der Waals surface area contributed by atoms with Crippen LogP contribution in [0, 0.1) is 0 Å². The van der Waals surface area contributed by atoms with Crippen LogP contribution < -0.4 is 0 Å². The van der Waals surface area contributed by atoms with Gasteiger partial charge in [0.15, 0.2) is 0 Å². The van der Waals surface area contributed by atoms with E-state index >= 15 is 0 Å². The summed E-state index contributed by atoms with van der Waals surface area (Å²) in [6.45, 7) is 4.16. The van der Waals surface area contributed by atoms with Gasteiger partial charge in [-0.1, -0.05) is 0 Å². The Labute approximate surface area is 79.2 Å². The van der Waals surface area contributed by atoms with Crippen LogP contribution in [0.4, 0.5) is 0 Å². The van der Waals surface area contributed by atoms with E-state index in [0.29, 0.717) is 6.32 Å². The fourth-order valence-corrected chi connectivity index (χ4v) is 1.35. The first-order valence-corrected chi connectivity index (χ1v) is 4.52. The molecule has 0 amide bonds. The Balaban J connectivity index is 2.56. The van der Waals surface area contributed by atoms with Crippen molar-refractivity contribution in [3.63, 3.8) is 0 Å². The van der Waals surface area contributed by atoms with E-state index in [-0.39, 0.29) is 5.54 Å². The first-order valence-electron chi connectivity index (χ1n) is 4.52. The zero-order valence-electron chi connectivity index (χ0n) is 8.14. The lowest BCUT2D eigenvalue weighted by molar-refractivity contribution is 0.323. The lowest BCUT2D eigenvalue weighted by Crippen LogP contribution is -2.27. The molecule has 3 nitrogen and oxygen atoms in total. The minimum absolute atomic E-state index is 0.0484. The number of hydrogen-bond acceptors (Lipinski definition) is 2. The molecule has 0 aromatic carbocycles. The predicted molar refractivity (Wildman–Crippen MR) is 53.4 cm³/mol. The summed E-state index contributed by atoms with van der Waals surface area (Å²) in [5, 5.41) is 17.5. The van der Waals surface area contributed by atoms with Crippen molar-refractivity contribution in [3.05, 3.63) is 24.5 Å². The van der Waals surface area contributed by atoms with Gasteiger partial charge in [0.25, 0.3) is 0 Å². The van der Waals surface area contributed by atoms with E-state index in [1.54, 1.807) is 0 Å². The van der Waals surface area contributed by atoms with Crippen molar-refractivity contribution in [2.75, 3.05) is 0 Å². The summed E-state index contributed by atoms with van der Waals surface area (Å²) < 4.78 is 2.08. The van der Waals surface area contributed by atoms with Crippen LogP contribution in [0.15, 0.2) is 24.5 Å². The molecule has 72 valence electrons. The van der Waals surface area contributed by atoms with Gasteiger partial charge in [-0.25, -0.2) is 0 Å². The number of rotatable bonds is 4. The van der Waals surface area contributed by atoms with Crippen LogP contribution in [0.5, 0.6) is 0 Å². The van der Waals surface area contributed by atoms with Crippen molar-refractivity contribution in [1.29, 1.82) is 0 Å². The van der Waals surface area contributed by atoms with Crippen molar-refractivity contribution in [2.24, 2.45) is 0 Å². The standard InChI is InChI=1S/C9H16BNO2/c1-9(2,5-6-10(12)13)11-7-3-4-8-11/h3-4,7-8,12-13H,5-6H2,1-2H3. The van der Waals surface area contributed by atoms with Crippen LogP contribution in [0.1, 0.15) is 20.3 Å². The minimum atomic E-state index is -1.20. The van der Waals surface area contributed by atoms with Crippen molar-refractivity contribution in [2.45, 2.75) is 32.1 Å². The second kappa shape index (κ2) is 3.98. The van der Waals surface area contributed by atoms with Gasteiger partial charge in [0.05, 0.1) is 0 Å². The van der Waals surface area contributed by atoms with Crippen LogP contribution in [0.2, 0.25) is 6.32 Å². The topological polar surface area (TPSA) is 45.4 Å². The Morgan fingerprint density at radius 3 is 2.23 bits per heavy atom. The Bertz CT molecular complexity index is 244. The molecule has 1 aromatic heterocycles. The highest BCUT2D eigenvalue weighted by molar-refractivity contribution is 6.40. The summed E-state index contributed by atoms with van der Waals surface area (Å²) in [6, 6.07) is 3.94. The fraction of sp³-hybridized carbons (Fsp3) is 0.556. The van der Waals surface area contributed by atoms with Crippen LogP contribution in [-0.2, 0) is 5.54 Å². The third kappa shape index (κ3) is 2.90. The average molecular weight is 181 g/mol. The van der Waals surface area contributed by atoms with Gasteiger partial charge >= 0.3 is 7.12 Å². The molecule has 0 atom stereocenters. The van der Waals surface area contributed by atoms with E-state index in [4.69, 9.17) is 10.0 Å². The largest absolute Gasteiger partial charge is 0.451 e. The average Bonchev–Trinajstić information content (AvgIpc) is 2.53. The quantitative estimate of drug-likeness (QED) is 0.682. The molecular weight excluding hydrogens is 165 g/mol. The molecule has 0 unspecified atom stereocenters. The molecule has 0 spiro atoms. The van der Waals surface area contributed by atoms with Gasteiger partial charge in [0, 0.05) is 17.9 Å². The normalized spacial score (nSPS) is 11.7. The third-order valence-corrected chi connectivity index (χ3v) is 2.32. The molecule has 0 bridgehead atoms. The SMILES string of the molecule is CC(C)(CCB(O)O)n1cccc1. The summed E-state index contributed by atoms with van der Waals surface area (Å²) >= 11 is 0. The maximum absolute atomic E-state index is 8.76.